The van der Waals surface area contributed by atoms with Crippen LogP contribution in [0.3, 0.4) is 0 Å². The third-order valence-corrected chi connectivity index (χ3v) is 3.68. The normalized spacial score (nSPS) is 18.1. The number of hydrogen-bond acceptors (Lipinski definition) is 3. The topological polar surface area (TPSA) is 66.5 Å². The van der Waals surface area contributed by atoms with Gasteiger partial charge in [-0.1, -0.05) is 30.3 Å². The molecule has 21 heavy (non-hydrogen) atoms. The lowest BCUT2D eigenvalue weighted by Crippen LogP contribution is -2.36. The number of hydrogen-bond donors (Lipinski definition) is 1. The number of amides is 2. The molecule has 2 rings (SSSR count). The molecule has 1 saturated heterocycles. The van der Waals surface area contributed by atoms with Crippen LogP contribution >= 0.6 is 0 Å². The summed E-state index contributed by atoms with van der Waals surface area (Å²) in [4.78, 5) is 36.1. The van der Waals surface area contributed by atoms with Gasteiger partial charge in [0.2, 0.25) is 11.7 Å². The summed E-state index contributed by atoms with van der Waals surface area (Å²) >= 11 is 0. The maximum absolute atomic E-state index is 11.9. The van der Waals surface area contributed by atoms with Crippen LogP contribution in [0.2, 0.25) is 0 Å². The Morgan fingerprint density at radius 2 is 1.95 bits per heavy atom. The van der Waals surface area contributed by atoms with Crippen molar-refractivity contribution >= 4 is 17.6 Å². The van der Waals surface area contributed by atoms with Gasteiger partial charge in [0.25, 0.3) is 5.91 Å². The molecule has 1 unspecified atom stereocenters. The molecule has 1 aliphatic rings. The highest BCUT2D eigenvalue weighted by atomic mass is 16.2. The minimum absolute atomic E-state index is 0.188. The molecule has 1 fully saturated rings. The van der Waals surface area contributed by atoms with Crippen LogP contribution < -0.4 is 5.32 Å². The molecule has 112 valence electrons. The largest absolute Gasteiger partial charge is 0.355 e. The Labute approximate surface area is 124 Å². The molecule has 1 aromatic rings. The lowest BCUT2D eigenvalue weighted by atomic mass is 10.1. The summed E-state index contributed by atoms with van der Waals surface area (Å²) in [5, 5.41) is 2.74. The van der Waals surface area contributed by atoms with Crippen molar-refractivity contribution in [2.45, 2.75) is 19.3 Å². The molecule has 0 radical (unpaired) electrons. The molecule has 1 atom stereocenters. The predicted octanol–water partition coefficient (Wildman–Crippen LogP) is 0.783. The third kappa shape index (κ3) is 3.90. The minimum atomic E-state index is -0.836. The molecule has 0 saturated carbocycles. The summed E-state index contributed by atoms with van der Waals surface area (Å²) in [5.74, 6) is -2.34. The summed E-state index contributed by atoms with van der Waals surface area (Å²) in [7, 11) is 1.54. The average Bonchev–Trinajstić information content (AvgIpc) is 2.75. The molecule has 0 spiro atoms. The van der Waals surface area contributed by atoms with Crippen molar-refractivity contribution in [3.8, 4) is 0 Å². The summed E-state index contributed by atoms with van der Waals surface area (Å²) in [5.41, 5.74) is 1.28. The van der Waals surface area contributed by atoms with Gasteiger partial charge in [0.15, 0.2) is 0 Å². The van der Waals surface area contributed by atoms with Crippen LogP contribution in [0, 0.1) is 5.92 Å². The second kappa shape index (κ2) is 7.02. The molecule has 1 aromatic carbocycles. The third-order valence-electron chi connectivity index (χ3n) is 3.68. The fourth-order valence-corrected chi connectivity index (χ4v) is 2.41. The van der Waals surface area contributed by atoms with E-state index in [4.69, 9.17) is 0 Å². The number of likely N-dealkylation sites (N-methyl/N-ethyl adjacent to an activating group) is 1. The van der Waals surface area contributed by atoms with Crippen molar-refractivity contribution in [2.75, 3.05) is 20.1 Å². The van der Waals surface area contributed by atoms with E-state index in [1.54, 1.807) is 0 Å². The molecule has 0 aromatic heterocycles. The molecule has 2 amide bonds. The summed E-state index contributed by atoms with van der Waals surface area (Å²) < 4.78 is 0. The molecule has 0 aliphatic carbocycles. The highest BCUT2D eigenvalue weighted by molar-refractivity contribution is 6.42. The number of ketones is 1. The quantitative estimate of drug-likeness (QED) is 0.478. The fourth-order valence-electron chi connectivity index (χ4n) is 2.41. The Bertz CT molecular complexity index is 528. The Hall–Kier alpha value is -2.17. The Balaban J connectivity index is 1.66. The number of Topliss-reactive ketones (excluding diaryl/α,β-unsaturated/α-hetero) is 1. The highest BCUT2D eigenvalue weighted by Gasteiger charge is 2.41. The molecular weight excluding hydrogens is 268 g/mol. The van der Waals surface area contributed by atoms with E-state index in [2.05, 4.69) is 17.4 Å². The number of rotatable bonds is 6. The highest BCUT2D eigenvalue weighted by Crippen LogP contribution is 2.12. The number of unbranched alkanes of at least 4 members (excludes halogenated alkanes) is 1. The smallest absolute Gasteiger partial charge is 0.290 e. The van der Waals surface area contributed by atoms with E-state index in [1.807, 2.05) is 18.2 Å². The molecule has 1 heterocycles. The van der Waals surface area contributed by atoms with Crippen LogP contribution in [0.15, 0.2) is 30.3 Å². The minimum Gasteiger partial charge on any atom is -0.355 e. The summed E-state index contributed by atoms with van der Waals surface area (Å²) in [6, 6.07) is 10.2. The Morgan fingerprint density at radius 1 is 1.24 bits per heavy atom. The van der Waals surface area contributed by atoms with Crippen LogP contribution in [0.1, 0.15) is 18.4 Å². The summed E-state index contributed by atoms with van der Waals surface area (Å²) in [6.07, 6.45) is 2.80. The van der Waals surface area contributed by atoms with Gasteiger partial charge in [-0.2, -0.15) is 0 Å². The van der Waals surface area contributed by atoms with Gasteiger partial charge in [-0.05, 0) is 24.8 Å². The van der Waals surface area contributed by atoms with Gasteiger partial charge in [-0.15, -0.1) is 0 Å². The first kappa shape index (κ1) is 15.2. The van der Waals surface area contributed by atoms with Crippen molar-refractivity contribution in [3.63, 3.8) is 0 Å². The first-order valence-corrected chi connectivity index (χ1v) is 7.20. The van der Waals surface area contributed by atoms with Gasteiger partial charge in [-0.25, -0.2) is 0 Å². The predicted molar refractivity (Wildman–Crippen MR) is 78.5 cm³/mol. The zero-order valence-corrected chi connectivity index (χ0v) is 12.2. The number of nitrogens with zero attached hydrogens (tertiary/aromatic N) is 1. The van der Waals surface area contributed by atoms with Crippen molar-refractivity contribution in [3.05, 3.63) is 35.9 Å². The molecular formula is C16H20N2O3. The standard InChI is InChI=1S/C16H20N2O3/c1-18-11-13(14(19)16(18)21)15(20)17-10-6-5-9-12-7-3-2-4-8-12/h2-4,7-8,13H,5-6,9-11H2,1H3,(H,17,20). The van der Waals surface area contributed by atoms with Crippen molar-refractivity contribution in [2.24, 2.45) is 5.92 Å². The lowest BCUT2D eigenvalue weighted by molar-refractivity contribution is -0.142. The molecule has 1 aliphatic heterocycles. The zero-order chi connectivity index (χ0) is 15.2. The van der Waals surface area contributed by atoms with E-state index >= 15 is 0 Å². The van der Waals surface area contributed by atoms with Gasteiger partial charge in [0.1, 0.15) is 5.92 Å². The second-order valence-corrected chi connectivity index (χ2v) is 5.34. The number of carbonyl (C=O) groups is 3. The Morgan fingerprint density at radius 3 is 2.57 bits per heavy atom. The van der Waals surface area contributed by atoms with Gasteiger partial charge in [0.05, 0.1) is 0 Å². The Kier molecular flexibility index (Phi) is 5.09. The number of aryl methyl sites for hydroxylation is 1. The van der Waals surface area contributed by atoms with Crippen LogP contribution in [-0.4, -0.2) is 42.6 Å². The van der Waals surface area contributed by atoms with Crippen molar-refractivity contribution in [1.29, 1.82) is 0 Å². The van der Waals surface area contributed by atoms with Crippen LogP contribution in [0.5, 0.6) is 0 Å². The van der Waals surface area contributed by atoms with Crippen LogP contribution in [0.25, 0.3) is 0 Å². The van der Waals surface area contributed by atoms with Gasteiger partial charge >= 0.3 is 0 Å². The lowest BCUT2D eigenvalue weighted by Gasteiger charge is -2.09. The molecule has 5 heteroatoms. The van der Waals surface area contributed by atoms with Crippen LogP contribution in [0.4, 0.5) is 0 Å². The van der Waals surface area contributed by atoms with Gasteiger partial charge in [0, 0.05) is 20.1 Å². The maximum atomic E-state index is 11.9. The molecule has 0 bridgehead atoms. The monoisotopic (exact) mass is 288 g/mol. The maximum Gasteiger partial charge on any atom is 0.290 e. The average molecular weight is 288 g/mol. The van der Waals surface area contributed by atoms with Crippen molar-refractivity contribution < 1.29 is 14.4 Å². The summed E-state index contributed by atoms with van der Waals surface area (Å²) in [6.45, 7) is 0.723. The van der Waals surface area contributed by atoms with E-state index in [9.17, 15) is 14.4 Å². The number of carbonyl (C=O) groups excluding carboxylic acids is 3. The first-order chi connectivity index (χ1) is 10.1. The SMILES string of the molecule is CN1CC(C(=O)NCCCCc2ccccc2)C(=O)C1=O. The second-order valence-electron chi connectivity index (χ2n) is 5.34. The van der Waals surface area contributed by atoms with Crippen molar-refractivity contribution in [1.82, 2.24) is 10.2 Å². The van der Waals surface area contributed by atoms with Gasteiger partial charge in [-0.3, -0.25) is 14.4 Å². The van der Waals surface area contributed by atoms with E-state index in [0.29, 0.717) is 6.54 Å². The van der Waals surface area contributed by atoms with E-state index in [1.165, 1.54) is 17.5 Å². The number of benzene rings is 1. The van der Waals surface area contributed by atoms with E-state index in [-0.39, 0.29) is 12.5 Å². The van der Waals surface area contributed by atoms with E-state index < -0.39 is 17.6 Å². The molecule has 1 N–H and O–H groups in total. The number of likely N-dealkylation sites (tertiary alicyclic amines) is 1. The fraction of sp³-hybridized carbons (Fsp3) is 0.438. The van der Waals surface area contributed by atoms with Crippen LogP contribution in [-0.2, 0) is 20.8 Å². The van der Waals surface area contributed by atoms with Gasteiger partial charge < -0.3 is 10.2 Å². The van der Waals surface area contributed by atoms with E-state index in [0.717, 1.165) is 19.3 Å². The number of nitrogens with one attached hydrogen (secondary N) is 1. The molecule has 5 nitrogen and oxygen atoms in total. The first-order valence-electron chi connectivity index (χ1n) is 7.20. The zero-order valence-electron chi connectivity index (χ0n) is 12.2.